The van der Waals surface area contributed by atoms with Gasteiger partial charge in [0.05, 0.1) is 0 Å². The summed E-state index contributed by atoms with van der Waals surface area (Å²) in [5.74, 6) is 0.591. The zero-order valence-corrected chi connectivity index (χ0v) is 14.6. The Kier molecular flexibility index (Phi) is 8.08. The normalized spacial score (nSPS) is 13.3. The maximum Gasteiger partial charge on any atom is 0.269 e. The molecule has 0 aromatic heterocycles. The molecule has 1 aromatic rings. The van der Waals surface area contributed by atoms with Gasteiger partial charge in [-0.05, 0) is 43.4 Å². The number of rotatable bonds is 7. The van der Waals surface area contributed by atoms with E-state index < -0.39 is 24.0 Å². The van der Waals surface area contributed by atoms with Crippen LogP contribution in [-0.4, -0.2) is 40.6 Å². The van der Waals surface area contributed by atoms with Crippen molar-refractivity contribution < 1.29 is 14.7 Å². The molecule has 0 saturated heterocycles. The predicted molar refractivity (Wildman–Crippen MR) is 93.1 cm³/mol. The van der Waals surface area contributed by atoms with Gasteiger partial charge in [0.25, 0.3) is 11.8 Å². The second-order valence-corrected chi connectivity index (χ2v) is 6.75. The number of nitrogens with two attached hydrogens (primary N) is 1. The first-order valence-corrected chi connectivity index (χ1v) is 8.71. The third kappa shape index (κ3) is 6.21. The van der Waals surface area contributed by atoms with Gasteiger partial charge in [-0.2, -0.15) is 11.8 Å². The van der Waals surface area contributed by atoms with Crippen LogP contribution in [0.15, 0.2) is 18.2 Å². The summed E-state index contributed by atoms with van der Waals surface area (Å²) in [6, 6.07) is 4.73. The van der Waals surface area contributed by atoms with Crippen molar-refractivity contribution in [2.45, 2.75) is 39.3 Å². The van der Waals surface area contributed by atoms with Gasteiger partial charge in [-0.1, -0.05) is 24.6 Å². The Morgan fingerprint density at radius 1 is 1.30 bits per heavy atom. The molecular formula is C16H25N3O3S. The average Bonchev–Trinajstić information content (AvgIpc) is 2.51. The summed E-state index contributed by atoms with van der Waals surface area (Å²) in [6.45, 7) is 5.78. The number of benzene rings is 1. The molecule has 1 unspecified atom stereocenters. The number of amides is 2. The molecule has 0 heterocycles. The Labute approximate surface area is 141 Å². The van der Waals surface area contributed by atoms with Crippen LogP contribution >= 0.6 is 11.8 Å². The molecule has 6 nitrogen and oxygen atoms in total. The Balaban J connectivity index is 2.49. The Morgan fingerprint density at radius 3 is 2.61 bits per heavy atom. The third-order valence-electron chi connectivity index (χ3n) is 3.40. The lowest BCUT2D eigenvalue weighted by Crippen LogP contribution is -2.52. The van der Waals surface area contributed by atoms with Crippen molar-refractivity contribution >= 4 is 23.6 Å². The summed E-state index contributed by atoms with van der Waals surface area (Å²) >= 11 is 1.69. The zero-order valence-electron chi connectivity index (χ0n) is 13.8. The van der Waals surface area contributed by atoms with E-state index in [9.17, 15) is 14.7 Å². The van der Waals surface area contributed by atoms with Gasteiger partial charge in [-0.25, -0.2) is 0 Å². The van der Waals surface area contributed by atoms with Gasteiger partial charge in [0, 0.05) is 11.6 Å². The van der Waals surface area contributed by atoms with E-state index in [2.05, 4.69) is 10.9 Å². The maximum absolute atomic E-state index is 12.0. The van der Waals surface area contributed by atoms with Crippen molar-refractivity contribution in [3.63, 3.8) is 0 Å². The molecule has 2 atom stereocenters. The van der Waals surface area contributed by atoms with E-state index in [-0.39, 0.29) is 0 Å². The standard InChI is InChI=1S/C16H25N3O3S/c1-4-23-8-7-13(17)14(20)16(22)19-18-15(21)12-6-5-10(2)9-11(12)3/h5-6,9,13-14,20H,4,7-8,17H2,1-3H3,(H,18,21)(H,19,22)/t13-,14?/m1/s1. The highest BCUT2D eigenvalue weighted by molar-refractivity contribution is 7.99. The fourth-order valence-electron chi connectivity index (χ4n) is 2.04. The van der Waals surface area contributed by atoms with Gasteiger partial charge < -0.3 is 10.8 Å². The first kappa shape index (κ1) is 19.5. The van der Waals surface area contributed by atoms with Gasteiger partial charge in [0.2, 0.25) is 0 Å². The maximum atomic E-state index is 12.0. The average molecular weight is 339 g/mol. The smallest absolute Gasteiger partial charge is 0.269 e. The highest BCUT2D eigenvalue weighted by Crippen LogP contribution is 2.10. The first-order chi connectivity index (χ1) is 10.9. The van der Waals surface area contributed by atoms with Crippen LogP contribution in [0.25, 0.3) is 0 Å². The van der Waals surface area contributed by atoms with E-state index in [1.807, 2.05) is 32.9 Å². The largest absolute Gasteiger partial charge is 0.382 e. The molecule has 0 aliphatic carbocycles. The van der Waals surface area contributed by atoms with Crippen LogP contribution in [0.4, 0.5) is 0 Å². The quantitative estimate of drug-likeness (QED) is 0.436. The fourth-order valence-corrected chi connectivity index (χ4v) is 2.77. The molecule has 1 rings (SSSR count). The summed E-state index contributed by atoms with van der Waals surface area (Å²) in [4.78, 5) is 23.9. The Hall–Kier alpha value is -1.57. The van der Waals surface area contributed by atoms with Gasteiger partial charge >= 0.3 is 0 Å². The summed E-state index contributed by atoms with van der Waals surface area (Å²) < 4.78 is 0. The van der Waals surface area contributed by atoms with Gasteiger partial charge in [-0.15, -0.1) is 0 Å². The van der Waals surface area contributed by atoms with E-state index >= 15 is 0 Å². The van der Waals surface area contributed by atoms with Crippen molar-refractivity contribution in [1.82, 2.24) is 10.9 Å². The van der Waals surface area contributed by atoms with Crippen LogP contribution < -0.4 is 16.6 Å². The number of carbonyl (C=O) groups excluding carboxylic acids is 2. The molecule has 128 valence electrons. The number of aliphatic hydroxyl groups is 1. The SMILES string of the molecule is CCSCC[C@@H](N)C(O)C(=O)NNC(=O)c1ccc(C)cc1C. The molecule has 0 aliphatic rings. The van der Waals surface area contributed by atoms with Crippen molar-refractivity contribution in [2.24, 2.45) is 5.73 Å². The number of hydrogen-bond donors (Lipinski definition) is 4. The molecule has 1 aromatic carbocycles. The Bertz CT molecular complexity index is 551. The number of carbonyl (C=O) groups is 2. The lowest BCUT2D eigenvalue weighted by molar-refractivity contribution is -0.131. The predicted octanol–water partition coefficient (Wildman–Crippen LogP) is 0.896. The van der Waals surface area contributed by atoms with Crippen LogP contribution in [-0.2, 0) is 4.79 Å². The summed E-state index contributed by atoms with van der Waals surface area (Å²) in [5, 5.41) is 9.86. The second-order valence-electron chi connectivity index (χ2n) is 5.36. The minimum absolute atomic E-state index is 0.432. The molecule has 0 aliphatic heterocycles. The molecule has 0 fully saturated rings. The first-order valence-electron chi connectivity index (χ1n) is 7.55. The van der Waals surface area contributed by atoms with Gasteiger partial charge in [0.1, 0.15) is 6.10 Å². The molecule has 2 amide bonds. The molecule has 23 heavy (non-hydrogen) atoms. The molecule has 5 N–H and O–H groups in total. The minimum atomic E-state index is -1.35. The van der Waals surface area contributed by atoms with E-state index in [1.54, 1.807) is 17.8 Å². The van der Waals surface area contributed by atoms with Crippen LogP contribution in [0.1, 0.15) is 34.8 Å². The molecule has 0 radical (unpaired) electrons. The fraction of sp³-hybridized carbons (Fsp3) is 0.500. The Morgan fingerprint density at radius 2 is 2.00 bits per heavy atom. The molecule has 7 heteroatoms. The van der Waals surface area contributed by atoms with Gasteiger partial charge in [-0.3, -0.25) is 20.4 Å². The van der Waals surface area contributed by atoms with Crippen LogP contribution in [0.5, 0.6) is 0 Å². The highest BCUT2D eigenvalue weighted by Gasteiger charge is 2.23. The van der Waals surface area contributed by atoms with Crippen molar-refractivity contribution in [2.75, 3.05) is 11.5 Å². The van der Waals surface area contributed by atoms with Crippen molar-refractivity contribution in [1.29, 1.82) is 0 Å². The minimum Gasteiger partial charge on any atom is -0.382 e. The van der Waals surface area contributed by atoms with E-state index in [0.717, 1.165) is 22.6 Å². The van der Waals surface area contributed by atoms with Crippen LogP contribution in [0, 0.1) is 13.8 Å². The molecule has 0 spiro atoms. The second kappa shape index (κ2) is 9.54. The molecule has 0 bridgehead atoms. The summed E-state index contributed by atoms with van der Waals surface area (Å²) in [7, 11) is 0. The van der Waals surface area contributed by atoms with E-state index in [1.165, 1.54) is 0 Å². The van der Waals surface area contributed by atoms with Crippen LogP contribution in [0.3, 0.4) is 0 Å². The molecular weight excluding hydrogens is 314 g/mol. The van der Waals surface area contributed by atoms with Gasteiger partial charge in [0.15, 0.2) is 0 Å². The van der Waals surface area contributed by atoms with Crippen LogP contribution in [0.2, 0.25) is 0 Å². The summed E-state index contributed by atoms with van der Waals surface area (Å²) in [6.07, 6.45) is -0.829. The van der Waals surface area contributed by atoms with E-state index in [0.29, 0.717) is 12.0 Å². The number of nitrogens with one attached hydrogen (secondary N) is 2. The summed E-state index contributed by atoms with van der Waals surface area (Å²) in [5.41, 5.74) is 12.6. The van der Waals surface area contributed by atoms with Crippen molar-refractivity contribution in [3.8, 4) is 0 Å². The topological polar surface area (TPSA) is 104 Å². The monoisotopic (exact) mass is 339 g/mol. The third-order valence-corrected chi connectivity index (χ3v) is 4.33. The van der Waals surface area contributed by atoms with Crippen molar-refractivity contribution in [3.05, 3.63) is 34.9 Å². The number of hydrogen-bond acceptors (Lipinski definition) is 5. The number of aryl methyl sites for hydroxylation is 2. The lowest BCUT2D eigenvalue weighted by Gasteiger charge is -2.18. The number of thioether (sulfide) groups is 1. The van der Waals surface area contributed by atoms with E-state index in [4.69, 9.17) is 5.73 Å². The number of aliphatic hydroxyl groups excluding tert-OH is 1. The zero-order chi connectivity index (χ0) is 17.4. The molecule has 0 saturated carbocycles. The highest BCUT2D eigenvalue weighted by atomic mass is 32.2. The lowest BCUT2D eigenvalue weighted by atomic mass is 10.1. The number of hydrazine groups is 1.